The Hall–Kier alpha value is -3.70. The van der Waals surface area contributed by atoms with Gasteiger partial charge in [-0.1, -0.05) is 75.4 Å². The monoisotopic (exact) mass is 455 g/mol. The summed E-state index contributed by atoms with van der Waals surface area (Å²) >= 11 is 1.41. The van der Waals surface area contributed by atoms with E-state index in [1.165, 1.54) is 16.9 Å². The third kappa shape index (κ3) is 5.04. The van der Waals surface area contributed by atoms with Gasteiger partial charge in [-0.3, -0.25) is 4.79 Å². The molecule has 0 spiro atoms. The second-order valence-corrected chi connectivity index (χ2v) is 9.82. The molecule has 166 valence electrons. The van der Waals surface area contributed by atoms with E-state index in [-0.39, 0.29) is 16.9 Å². The standard InChI is InChI=1S/C28H25NO3S/c1-28(2,3)22-14-12-18(13-15-22)21-16-25(33-17-21)26(30)29-24-7-5-4-6-23(24)19-8-10-20(11-9-19)27(31)32/h4-17H,1-3H3,(H,29,30)(H,31,32). The summed E-state index contributed by atoms with van der Waals surface area (Å²) in [5.41, 5.74) is 6.03. The number of nitrogens with one attached hydrogen (secondary N) is 1. The van der Waals surface area contributed by atoms with Gasteiger partial charge in [0.15, 0.2) is 0 Å². The zero-order chi connectivity index (χ0) is 23.6. The van der Waals surface area contributed by atoms with Crippen LogP contribution in [-0.4, -0.2) is 17.0 Å². The van der Waals surface area contributed by atoms with E-state index >= 15 is 0 Å². The largest absolute Gasteiger partial charge is 0.478 e. The maximum Gasteiger partial charge on any atom is 0.335 e. The van der Waals surface area contributed by atoms with Crippen LogP contribution in [0.4, 0.5) is 5.69 Å². The highest BCUT2D eigenvalue weighted by Gasteiger charge is 2.16. The van der Waals surface area contributed by atoms with E-state index in [9.17, 15) is 9.59 Å². The Balaban J connectivity index is 1.54. The molecule has 4 nitrogen and oxygen atoms in total. The Kier molecular flexibility index (Phi) is 6.16. The molecule has 33 heavy (non-hydrogen) atoms. The first-order chi connectivity index (χ1) is 15.7. The van der Waals surface area contributed by atoms with Crippen molar-refractivity contribution < 1.29 is 14.7 Å². The molecule has 1 heterocycles. The first-order valence-corrected chi connectivity index (χ1v) is 11.5. The van der Waals surface area contributed by atoms with E-state index < -0.39 is 5.97 Å². The lowest BCUT2D eigenvalue weighted by atomic mass is 9.86. The number of carboxylic acids is 1. The van der Waals surface area contributed by atoms with E-state index in [0.29, 0.717) is 10.6 Å². The molecular weight excluding hydrogens is 430 g/mol. The number of carboxylic acid groups (broad SMARTS) is 1. The fourth-order valence-corrected chi connectivity index (χ4v) is 4.40. The number of benzene rings is 3. The molecule has 0 saturated carbocycles. The number of thiophene rings is 1. The van der Waals surface area contributed by atoms with Crippen LogP contribution in [0.2, 0.25) is 0 Å². The molecule has 0 aliphatic carbocycles. The predicted molar refractivity (Wildman–Crippen MR) is 135 cm³/mol. The minimum Gasteiger partial charge on any atom is -0.478 e. The van der Waals surface area contributed by atoms with Crippen molar-refractivity contribution in [1.29, 1.82) is 0 Å². The smallest absolute Gasteiger partial charge is 0.335 e. The molecule has 0 bridgehead atoms. The van der Waals surface area contributed by atoms with Crippen molar-refractivity contribution in [1.82, 2.24) is 0 Å². The summed E-state index contributed by atoms with van der Waals surface area (Å²) in [7, 11) is 0. The van der Waals surface area contributed by atoms with E-state index in [1.54, 1.807) is 24.3 Å². The fraction of sp³-hybridized carbons (Fsp3) is 0.143. The average molecular weight is 456 g/mol. The Morgan fingerprint density at radius 1 is 0.818 bits per heavy atom. The molecule has 1 amide bonds. The summed E-state index contributed by atoms with van der Waals surface area (Å²) in [6.07, 6.45) is 0. The molecule has 5 heteroatoms. The zero-order valence-electron chi connectivity index (χ0n) is 18.8. The molecule has 0 aliphatic heterocycles. The van der Waals surface area contributed by atoms with Crippen molar-refractivity contribution in [3.05, 3.63) is 100 Å². The lowest BCUT2D eigenvalue weighted by molar-refractivity contribution is 0.0696. The summed E-state index contributed by atoms with van der Waals surface area (Å²) in [6, 6.07) is 24.5. The van der Waals surface area contributed by atoms with Crippen LogP contribution in [0.15, 0.2) is 84.2 Å². The zero-order valence-corrected chi connectivity index (χ0v) is 19.6. The van der Waals surface area contributed by atoms with Crippen LogP contribution in [0.5, 0.6) is 0 Å². The second-order valence-electron chi connectivity index (χ2n) is 8.91. The molecule has 0 fully saturated rings. The van der Waals surface area contributed by atoms with Crippen LogP contribution in [0.25, 0.3) is 22.3 Å². The summed E-state index contributed by atoms with van der Waals surface area (Å²) in [6.45, 7) is 6.56. The van der Waals surface area contributed by atoms with Crippen LogP contribution in [0.3, 0.4) is 0 Å². The molecule has 0 unspecified atom stereocenters. The average Bonchev–Trinajstić information content (AvgIpc) is 3.30. The van der Waals surface area contributed by atoms with Gasteiger partial charge in [0, 0.05) is 11.3 Å². The summed E-state index contributed by atoms with van der Waals surface area (Å²) in [4.78, 5) is 24.7. The van der Waals surface area contributed by atoms with E-state index in [4.69, 9.17) is 5.11 Å². The number of hydrogen-bond donors (Lipinski definition) is 2. The van der Waals surface area contributed by atoms with Crippen molar-refractivity contribution >= 4 is 28.9 Å². The molecule has 0 radical (unpaired) electrons. The van der Waals surface area contributed by atoms with Gasteiger partial charge in [-0.2, -0.15) is 0 Å². The number of aromatic carboxylic acids is 1. The normalized spacial score (nSPS) is 11.2. The Morgan fingerprint density at radius 3 is 2.09 bits per heavy atom. The number of anilines is 1. The number of carbonyl (C=O) groups excluding carboxylic acids is 1. The van der Waals surface area contributed by atoms with Crippen molar-refractivity contribution in [3.8, 4) is 22.3 Å². The molecule has 4 rings (SSSR count). The molecule has 1 aromatic heterocycles. The highest BCUT2D eigenvalue weighted by Crippen LogP contribution is 2.31. The highest BCUT2D eigenvalue weighted by atomic mass is 32.1. The van der Waals surface area contributed by atoms with Gasteiger partial charge in [-0.15, -0.1) is 11.3 Å². The molecule has 0 aliphatic rings. The van der Waals surface area contributed by atoms with Gasteiger partial charge in [0.2, 0.25) is 0 Å². The molecule has 0 saturated heterocycles. The Labute approximate surface area is 197 Å². The molecule has 4 aromatic rings. The van der Waals surface area contributed by atoms with Gasteiger partial charge in [0.05, 0.1) is 10.4 Å². The SMILES string of the molecule is CC(C)(C)c1ccc(-c2csc(C(=O)Nc3ccccc3-c3ccc(C(=O)O)cc3)c2)cc1. The van der Waals surface area contributed by atoms with Gasteiger partial charge in [0.25, 0.3) is 5.91 Å². The summed E-state index contributed by atoms with van der Waals surface area (Å²) < 4.78 is 0. The van der Waals surface area contributed by atoms with Crippen molar-refractivity contribution in [2.24, 2.45) is 0 Å². The first kappa shape index (κ1) is 22.5. The minimum atomic E-state index is -0.968. The topological polar surface area (TPSA) is 66.4 Å². The van der Waals surface area contributed by atoms with Crippen LogP contribution >= 0.6 is 11.3 Å². The predicted octanol–water partition coefficient (Wildman–Crippen LogP) is 7.33. The minimum absolute atomic E-state index is 0.0968. The van der Waals surface area contributed by atoms with Gasteiger partial charge < -0.3 is 10.4 Å². The lowest BCUT2D eigenvalue weighted by Gasteiger charge is -2.19. The van der Waals surface area contributed by atoms with Crippen molar-refractivity contribution in [3.63, 3.8) is 0 Å². The van der Waals surface area contributed by atoms with Gasteiger partial charge in [-0.25, -0.2) is 4.79 Å². The Morgan fingerprint density at radius 2 is 1.45 bits per heavy atom. The second kappa shape index (κ2) is 9.04. The van der Waals surface area contributed by atoms with Crippen molar-refractivity contribution in [2.45, 2.75) is 26.2 Å². The van der Waals surface area contributed by atoms with Gasteiger partial charge in [0.1, 0.15) is 0 Å². The number of hydrogen-bond acceptors (Lipinski definition) is 3. The number of rotatable bonds is 5. The van der Waals surface area contributed by atoms with Crippen LogP contribution in [-0.2, 0) is 5.41 Å². The summed E-state index contributed by atoms with van der Waals surface area (Å²) in [5, 5.41) is 14.1. The molecule has 0 atom stereocenters. The van der Waals surface area contributed by atoms with E-state index in [1.807, 2.05) is 35.7 Å². The maximum absolute atomic E-state index is 13.0. The fourth-order valence-electron chi connectivity index (χ4n) is 3.59. The number of para-hydroxylation sites is 1. The number of carbonyl (C=O) groups is 2. The van der Waals surface area contributed by atoms with E-state index in [2.05, 4.69) is 50.4 Å². The lowest BCUT2D eigenvalue weighted by Crippen LogP contribution is -2.11. The molecule has 2 N–H and O–H groups in total. The maximum atomic E-state index is 13.0. The first-order valence-electron chi connectivity index (χ1n) is 10.7. The molecule has 3 aromatic carbocycles. The van der Waals surface area contributed by atoms with E-state index in [0.717, 1.165) is 22.3 Å². The van der Waals surface area contributed by atoms with Crippen LogP contribution in [0, 0.1) is 0 Å². The van der Waals surface area contributed by atoms with Crippen LogP contribution in [0.1, 0.15) is 46.4 Å². The van der Waals surface area contributed by atoms with Gasteiger partial charge in [-0.05, 0) is 57.3 Å². The third-order valence-corrected chi connectivity index (χ3v) is 6.45. The van der Waals surface area contributed by atoms with Crippen molar-refractivity contribution in [2.75, 3.05) is 5.32 Å². The third-order valence-electron chi connectivity index (χ3n) is 5.53. The number of amides is 1. The highest BCUT2D eigenvalue weighted by molar-refractivity contribution is 7.12. The van der Waals surface area contributed by atoms with Gasteiger partial charge >= 0.3 is 5.97 Å². The van der Waals surface area contributed by atoms with Crippen LogP contribution < -0.4 is 5.32 Å². The Bertz CT molecular complexity index is 1300. The molecular formula is C28H25NO3S. The quantitative estimate of drug-likeness (QED) is 0.331. The summed E-state index contributed by atoms with van der Waals surface area (Å²) in [5.74, 6) is -1.14.